The SMILES string of the molecule is CCSCCC(=O)N1CCCC(C(O)c2nccn2C)C1. The Morgan fingerprint density at radius 3 is 3.10 bits per heavy atom. The van der Waals surface area contributed by atoms with Crippen molar-refractivity contribution in [2.24, 2.45) is 13.0 Å². The summed E-state index contributed by atoms with van der Waals surface area (Å²) < 4.78 is 1.85. The zero-order valence-electron chi connectivity index (χ0n) is 12.9. The van der Waals surface area contributed by atoms with Crippen molar-refractivity contribution in [3.05, 3.63) is 18.2 Å². The van der Waals surface area contributed by atoms with Crippen LogP contribution in [0.2, 0.25) is 0 Å². The van der Waals surface area contributed by atoms with Crippen molar-refractivity contribution >= 4 is 17.7 Å². The summed E-state index contributed by atoms with van der Waals surface area (Å²) in [6, 6.07) is 0. The average Bonchev–Trinajstić information content (AvgIpc) is 2.93. The lowest BCUT2D eigenvalue weighted by Gasteiger charge is -2.35. The minimum absolute atomic E-state index is 0.0858. The monoisotopic (exact) mass is 311 g/mol. The topological polar surface area (TPSA) is 58.4 Å². The molecule has 2 heterocycles. The van der Waals surface area contributed by atoms with Crippen LogP contribution in [-0.4, -0.2) is 50.1 Å². The van der Waals surface area contributed by atoms with E-state index in [2.05, 4.69) is 11.9 Å². The third-order valence-corrected chi connectivity index (χ3v) is 4.95. The second-order valence-corrected chi connectivity index (χ2v) is 6.92. The van der Waals surface area contributed by atoms with Gasteiger partial charge >= 0.3 is 0 Å². The fraction of sp³-hybridized carbons (Fsp3) is 0.733. The molecule has 1 N–H and O–H groups in total. The molecular weight excluding hydrogens is 286 g/mol. The van der Waals surface area contributed by atoms with Gasteiger partial charge in [-0.25, -0.2) is 4.98 Å². The number of rotatable bonds is 6. The number of aromatic nitrogens is 2. The number of thioether (sulfide) groups is 1. The lowest BCUT2D eigenvalue weighted by molar-refractivity contribution is -0.133. The Balaban J connectivity index is 1.91. The highest BCUT2D eigenvalue weighted by atomic mass is 32.2. The van der Waals surface area contributed by atoms with Crippen molar-refractivity contribution < 1.29 is 9.90 Å². The van der Waals surface area contributed by atoms with Crippen molar-refractivity contribution in [2.45, 2.75) is 32.3 Å². The molecule has 0 saturated carbocycles. The summed E-state index contributed by atoms with van der Waals surface area (Å²) in [6.07, 6.45) is 5.45. The minimum Gasteiger partial charge on any atom is -0.385 e. The van der Waals surface area contributed by atoms with Gasteiger partial charge in [0.1, 0.15) is 11.9 Å². The molecule has 1 aromatic heterocycles. The summed E-state index contributed by atoms with van der Waals surface area (Å²) in [5.41, 5.74) is 0. The summed E-state index contributed by atoms with van der Waals surface area (Å²) in [4.78, 5) is 18.3. The zero-order chi connectivity index (χ0) is 15.2. The summed E-state index contributed by atoms with van der Waals surface area (Å²) >= 11 is 1.80. The largest absolute Gasteiger partial charge is 0.385 e. The normalized spacial score (nSPS) is 20.5. The number of aliphatic hydroxyl groups is 1. The van der Waals surface area contributed by atoms with Gasteiger partial charge in [-0.05, 0) is 18.6 Å². The second kappa shape index (κ2) is 7.84. The summed E-state index contributed by atoms with van der Waals surface area (Å²) in [5.74, 6) is 2.93. The molecular formula is C15H25N3O2S. The number of hydrogen-bond acceptors (Lipinski definition) is 4. The van der Waals surface area contributed by atoms with E-state index < -0.39 is 6.10 Å². The molecule has 1 aliphatic rings. The van der Waals surface area contributed by atoms with Crippen LogP contribution in [0.5, 0.6) is 0 Å². The van der Waals surface area contributed by atoms with Gasteiger partial charge in [0, 0.05) is 50.6 Å². The molecule has 21 heavy (non-hydrogen) atoms. The first-order valence-electron chi connectivity index (χ1n) is 7.64. The van der Waals surface area contributed by atoms with Crippen LogP contribution in [0.3, 0.4) is 0 Å². The van der Waals surface area contributed by atoms with E-state index in [4.69, 9.17) is 0 Å². The van der Waals surface area contributed by atoms with E-state index in [9.17, 15) is 9.90 Å². The maximum absolute atomic E-state index is 12.2. The van der Waals surface area contributed by atoms with Crippen LogP contribution in [0, 0.1) is 5.92 Å². The Bertz CT molecular complexity index is 464. The molecule has 0 aliphatic carbocycles. The first-order valence-corrected chi connectivity index (χ1v) is 8.79. The van der Waals surface area contributed by atoms with E-state index in [-0.39, 0.29) is 11.8 Å². The standard InChI is InChI=1S/C15H25N3O2S/c1-3-21-10-6-13(19)18-8-4-5-12(11-18)14(20)15-16-7-9-17(15)2/h7,9,12,14,20H,3-6,8,10-11H2,1-2H3. The first kappa shape index (κ1) is 16.4. The van der Waals surface area contributed by atoms with Crippen molar-refractivity contribution in [3.8, 4) is 0 Å². The highest BCUT2D eigenvalue weighted by molar-refractivity contribution is 7.99. The van der Waals surface area contributed by atoms with E-state index in [1.807, 2.05) is 22.7 Å². The van der Waals surface area contributed by atoms with Gasteiger partial charge in [-0.3, -0.25) is 4.79 Å². The summed E-state index contributed by atoms with van der Waals surface area (Å²) in [7, 11) is 1.89. The Kier molecular flexibility index (Phi) is 6.11. The van der Waals surface area contributed by atoms with Crippen molar-refractivity contribution in [1.29, 1.82) is 0 Å². The Morgan fingerprint density at radius 2 is 2.43 bits per heavy atom. The minimum atomic E-state index is -0.592. The lowest BCUT2D eigenvalue weighted by atomic mass is 9.92. The van der Waals surface area contributed by atoms with Gasteiger partial charge in [0.2, 0.25) is 5.91 Å². The lowest BCUT2D eigenvalue weighted by Crippen LogP contribution is -2.42. The van der Waals surface area contributed by atoms with Crippen LogP contribution in [-0.2, 0) is 11.8 Å². The first-order chi connectivity index (χ1) is 10.1. The fourth-order valence-electron chi connectivity index (χ4n) is 2.83. The van der Waals surface area contributed by atoms with Crippen LogP contribution in [0.4, 0.5) is 0 Å². The zero-order valence-corrected chi connectivity index (χ0v) is 13.7. The molecule has 1 saturated heterocycles. The summed E-state index contributed by atoms with van der Waals surface area (Å²) in [5, 5.41) is 10.5. The van der Waals surface area contributed by atoms with E-state index in [1.54, 1.807) is 18.0 Å². The smallest absolute Gasteiger partial charge is 0.223 e. The number of imidazole rings is 1. The second-order valence-electron chi connectivity index (χ2n) is 5.53. The maximum Gasteiger partial charge on any atom is 0.223 e. The molecule has 6 heteroatoms. The number of carbonyl (C=O) groups excluding carboxylic acids is 1. The molecule has 0 bridgehead atoms. The predicted octanol–water partition coefficient (Wildman–Crippen LogP) is 1.84. The predicted molar refractivity (Wildman–Crippen MR) is 85.1 cm³/mol. The van der Waals surface area contributed by atoms with E-state index in [1.165, 1.54) is 0 Å². The quantitative estimate of drug-likeness (QED) is 0.814. The molecule has 2 atom stereocenters. The summed E-state index contributed by atoms with van der Waals surface area (Å²) in [6.45, 7) is 3.57. The molecule has 5 nitrogen and oxygen atoms in total. The third kappa shape index (κ3) is 4.23. The van der Waals surface area contributed by atoms with E-state index >= 15 is 0 Å². The highest BCUT2D eigenvalue weighted by Crippen LogP contribution is 2.29. The van der Waals surface area contributed by atoms with Gasteiger partial charge in [-0.15, -0.1) is 0 Å². The fourth-order valence-corrected chi connectivity index (χ4v) is 3.44. The van der Waals surface area contributed by atoms with Gasteiger partial charge in [0.25, 0.3) is 0 Å². The molecule has 118 valence electrons. The Hall–Kier alpha value is -1.01. The number of piperidine rings is 1. The average molecular weight is 311 g/mol. The molecule has 0 aromatic carbocycles. The molecule has 1 aromatic rings. The number of aryl methyl sites for hydroxylation is 1. The highest BCUT2D eigenvalue weighted by Gasteiger charge is 2.30. The van der Waals surface area contributed by atoms with Crippen LogP contribution in [0.15, 0.2) is 12.4 Å². The number of aliphatic hydroxyl groups excluding tert-OH is 1. The van der Waals surface area contributed by atoms with Gasteiger partial charge in [0.05, 0.1) is 0 Å². The van der Waals surface area contributed by atoms with Crippen LogP contribution in [0.25, 0.3) is 0 Å². The molecule has 0 spiro atoms. The van der Waals surface area contributed by atoms with Crippen molar-refractivity contribution in [1.82, 2.24) is 14.5 Å². The Morgan fingerprint density at radius 1 is 1.62 bits per heavy atom. The number of nitrogens with zero attached hydrogens (tertiary/aromatic N) is 3. The number of amides is 1. The van der Waals surface area contributed by atoms with Crippen LogP contribution >= 0.6 is 11.8 Å². The molecule has 2 rings (SSSR count). The molecule has 1 amide bonds. The van der Waals surface area contributed by atoms with Gasteiger partial charge < -0.3 is 14.6 Å². The van der Waals surface area contributed by atoms with Crippen LogP contribution in [0.1, 0.15) is 38.1 Å². The van der Waals surface area contributed by atoms with Crippen LogP contribution < -0.4 is 0 Å². The van der Waals surface area contributed by atoms with Gasteiger partial charge in [-0.2, -0.15) is 11.8 Å². The molecule has 2 unspecified atom stereocenters. The van der Waals surface area contributed by atoms with Gasteiger partial charge in [-0.1, -0.05) is 6.92 Å². The number of likely N-dealkylation sites (tertiary alicyclic amines) is 1. The third-order valence-electron chi connectivity index (χ3n) is 4.04. The number of carbonyl (C=O) groups is 1. The number of hydrogen-bond donors (Lipinski definition) is 1. The maximum atomic E-state index is 12.2. The molecule has 0 radical (unpaired) electrons. The van der Waals surface area contributed by atoms with Crippen molar-refractivity contribution in [2.75, 3.05) is 24.6 Å². The Labute approximate surface area is 130 Å². The van der Waals surface area contributed by atoms with Crippen molar-refractivity contribution in [3.63, 3.8) is 0 Å². The molecule has 1 fully saturated rings. The van der Waals surface area contributed by atoms with Gasteiger partial charge in [0.15, 0.2) is 0 Å². The van der Waals surface area contributed by atoms with E-state index in [0.717, 1.165) is 30.9 Å². The molecule has 1 aliphatic heterocycles. The van der Waals surface area contributed by atoms with E-state index in [0.29, 0.717) is 18.8 Å².